The number of hydrogen-bond acceptors (Lipinski definition) is 7. The van der Waals surface area contributed by atoms with Crippen molar-refractivity contribution in [3.8, 4) is 17.5 Å². The molecule has 2 N–H and O–H groups in total. The number of nitrogens with zero attached hydrogens (tertiary/aromatic N) is 4. The Bertz CT molecular complexity index is 1560. The van der Waals surface area contributed by atoms with E-state index in [-0.39, 0.29) is 24.3 Å². The number of imide groups is 1. The number of benzene rings is 2. The largest absolute Gasteiger partial charge is 0.490 e. The Morgan fingerprint density at radius 1 is 1.15 bits per heavy atom. The third-order valence-electron chi connectivity index (χ3n) is 8.43. The van der Waals surface area contributed by atoms with Crippen LogP contribution in [0, 0.1) is 17.2 Å². The predicted molar refractivity (Wildman–Crippen MR) is 150 cm³/mol. The molecule has 2 aromatic carbocycles. The zero-order valence-electron chi connectivity index (χ0n) is 22.9. The van der Waals surface area contributed by atoms with Crippen molar-refractivity contribution >= 4 is 23.4 Å². The van der Waals surface area contributed by atoms with Gasteiger partial charge in [-0.05, 0) is 92.0 Å². The molecule has 1 saturated carbocycles. The average molecular weight is 553 g/mol. The lowest BCUT2D eigenvalue weighted by Crippen LogP contribution is -2.52. The summed E-state index contributed by atoms with van der Waals surface area (Å²) in [5, 5.41) is 19.3. The number of piperidine rings is 1. The number of nitriles is 1. The lowest BCUT2D eigenvalue weighted by Gasteiger charge is -2.29. The van der Waals surface area contributed by atoms with E-state index in [0.717, 1.165) is 60.4 Å². The first-order valence-electron chi connectivity index (χ1n) is 14.1. The van der Waals surface area contributed by atoms with Gasteiger partial charge in [0.1, 0.15) is 17.9 Å². The summed E-state index contributed by atoms with van der Waals surface area (Å²) in [4.78, 5) is 38.3. The Labute approximate surface area is 238 Å². The minimum absolute atomic E-state index is 0.124. The standard InChI is InChI=1S/C31H32N6O4/c1-33-27-9-5-23(13-21(27)15-32)37-17-20(16-34-37)3-2-19-4-6-24(12-19)41-25-7-8-26-22(14-25)18-36(31(26)40)28-10-11-29(38)35-30(28)39/h5,7-9,13-14,16-17,19,24,28,33H,2-4,6,10-12,18H2,1H3,(H,35,38,39)/t19?,24-,28?/m0/s1. The van der Waals surface area contributed by atoms with Crippen molar-refractivity contribution < 1.29 is 19.1 Å². The number of aryl methyl sites for hydroxylation is 1. The number of carbonyl (C=O) groups excluding carboxylic acids is 3. The normalized spacial score (nSPS) is 21.9. The molecular weight excluding hydrogens is 520 g/mol. The highest BCUT2D eigenvalue weighted by Crippen LogP contribution is 2.35. The van der Waals surface area contributed by atoms with Crippen LogP contribution in [-0.2, 0) is 22.6 Å². The number of anilines is 1. The lowest BCUT2D eigenvalue weighted by atomic mass is 9.99. The van der Waals surface area contributed by atoms with Gasteiger partial charge in [-0.25, -0.2) is 4.68 Å². The van der Waals surface area contributed by atoms with E-state index in [1.54, 1.807) is 18.0 Å². The van der Waals surface area contributed by atoms with E-state index in [1.165, 1.54) is 0 Å². The summed E-state index contributed by atoms with van der Waals surface area (Å²) in [7, 11) is 1.80. The predicted octanol–water partition coefficient (Wildman–Crippen LogP) is 3.73. The first kappa shape index (κ1) is 26.6. The minimum atomic E-state index is -0.617. The van der Waals surface area contributed by atoms with Gasteiger partial charge in [0.15, 0.2) is 0 Å². The molecule has 1 aliphatic carbocycles. The Morgan fingerprint density at radius 3 is 2.83 bits per heavy atom. The number of rotatable bonds is 8. The fourth-order valence-electron chi connectivity index (χ4n) is 6.20. The van der Waals surface area contributed by atoms with Crippen molar-refractivity contribution in [2.75, 3.05) is 12.4 Å². The molecule has 10 nitrogen and oxygen atoms in total. The van der Waals surface area contributed by atoms with Gasteiger partial charge in [0.25, 0.3) is 5.91 Å². The van der Waals surface area contributed by atoms with Gasteiger partial charge in [0.2, 0.25) is 11.8 Å². The van der Waals surface area contributed by atoms with Crippen molar-refractivity contribution in [2.24, 2.45) is 5.92 Å². The molecule has 3 atom stereocenters. The second kappa shape index (κ2) is 11.1. The molecule has 0 spiro atoms. The number of amides is 3. The molecule has 10 heteroatoms. The molecule has 0 bridgehead atoms. The summed E-state index contributed by atoms with van der Waals surface area (Å²) in [5.41, 5.74) is 4.84. The first-order valence-corrected chi connectivity index (χ1v) is 14.1. The fourth-order valence-corrected chi connectivity index (χ4v) is 6.20. The van der Waals surface area contributed by atoms with Gasteiger partial charge in [-0.1, -0.05) is 0 Å². The van der Waals surface area contributed by atoms with Gasteiger partial charge in [-0.2, -0.15) is 10.4 Å². The molecule has 2 aliphatic heterocycles. The van der Waals surface area contributed by atoms with E-state index >= 15 is 0 Å². The van der Waals surface area contributed by atoms with Gasteiger partial charge >= 0.3 is 0 Å². The molecular formula is C31H32N6O4. The number of ether oxygens (including phenoxy) is 1. The summed E-state index contributed by atoms with van der Waals surface area (Å²) < 4.78 is 8.15. The van der Waals surface area contributed by atoms with Crippen LogP contribution in [0.25, 0.3) is 5.69 Å². The third kappa shape index (κ3) is 5.40. The number of fused-ring (bicyclic) bond motifs is 1. The molecule has 3 heterocycles. The quantitative estimate of drug-likeness (QED) is 0.408. The van der Waals surface area contributed by atoms with Gasteiger partial charge < -0.3 is 15.0 Å². The van der Waals surface area contributed by atoms with Crippen LogP contribution in [-0.4, -0.2) is 51.6 Å². The number of hydrogen-bond donors (Lipinski definition) is 2. The van der Waals surface area contributed by atoms with Gasteiger partial charge in [0.05, 0.1) is 29.2 Å². The molecule has 0 radical (unpaired) electrons. The number of aromatic nitrogens is 2. The second-order valence-corrected chi connectivity index (χ2v) is 11.1. The zero-order chi connectivity index (χ0) is 28.5. The summed E-state index contributed by atoms with van der Waals surface area (Å²) in [6.07, 6.45) is 9.67. The van der Waals surface area contributed by atoms with Crippen molar-refractivity contribution in [1.82, 2.24) is 20.0 Å². The van der Waals surface area contributed by atoms with E-state index in [4.69, 9.17) is 4.74 Å². The zero-order valence-corrected chi connectivity index (χ0v) is 22.9. The van der Waals surface area contributed by atoms with E-state index in [9.17, 15) is 19.6 Å². The molecule has 1 aromatic heterocycles. The van der Waals surface area contributed by atoms with Crippen LogP contribution < -0.4 is 15.4 Å². The van der Waals surface area contributed by atoms with Gasteiger partial charge in [0, 0.05) is 31.8 Å². The number of carbonyl (C=O) groups is 3. The summed E-state index contributed by atoms with van der Waals surface area (Å²) in [6, 6.07) is 12.8. The second-order valence-electron chi connectivity index (χ2n) is 11.1. The van der Waals surface area contributed by atoms with Crippen LogP contribution in [0.4, 0.5) is 5.69 Å². The molecule has 3 amide bonds. The van der Waals surface area contributed by atoms with Crippen molar-refractivity contribution in [1.29, 1.82) is 5.26 Å². The van der Waals surface area contributed by atoms with E-state index in [1.807, 2.05) is 47.4 Å². The fraction of sp³-hybridized carbons (Fsp3) is 0.387. The Hall–Kier alpha value is -4.65. The van der Waals surface area contributed by atoms with Crippen molar-refractivity contribution in [3.05, 3.63) is 71.0 Å². The van der Waals surface area contributed by atoms with E-state index < -0.39 is 11.9 Å². The highest BCUT2D eigenvalue weighted by molar-refractivity contribution is 6.05. The number of nitrogens with one attached hydrogen (secondary N) is 2. The van der Waals surface area contributed by atoms with E-state index in [2.05, 4.69) is 21.8 Å². The lowest BCUT2D eigenvalue weighted by molar-refractivity contribution is -0.136. The molecule has 2 fully saturated rings. The van der Waals surface area contributed by atoms with Crippen LogP contribution in [0.3, 0.4) is 0 Å². The molecule has 6 rings (SSSR count). The van der Waals surface area contributed by atoms with Crippen molar-refractivity contribution in [3.63, 3.8) is 0 Å². The molecule has 2 unspecified atom stereocenters. The minimum Gasteiger partial charge on any atom is -0.490 e. The Balaban J connectivity index is 1.02. The summed E-state index contributed by atoms with van der Waals surface area (Å²) in [5.74, 6) is 0.434. The topological polar surface area (TPSA) is 129 Å². The van der Waals surface area contributed by atoms with Crippen LogP contribution >= 0.6 is 0 Å². The van der Waals surface area contributed by atoms with Crippen LogP contribution in [0.1, 0.15) is 65.6 Å². The molecule has 41 heavy (non-hydrogen) atoms. The van der Waals surface area contributed by atoms with Crippen LogP contribution in [0.5, 0.6) is 5.75 Å². The van der Waals surface area contributed by atoms with Gasteiger partial charge in [-0.15, -0.1) is 0 Å². The average Bonchev–Trinajstić information content (AvgIpc) is 3.71. The third-order valence-corrected chi connectivity index (χ3v) is 8.43. The van der Waals surface area contributed by atoms with Crippen LogP contribution in [0.2, 0.25) is 0 Å². The SMILES string of the molecule is CNc1ccc(-n2cc(CCC3CC[C@H](Oc4ccc5c(c4)CN(C4CCC(=O)NC4=O)C5=O)C3)cn2)cc1C#N. The van der Waals surface area contributed by atoms with Gasteiger partial charge in [-0.3, -0.25) is 19.7 Å². The molecule has 3 aliphatic rings. The van der Waals surface area contributed by atoms with E-state index in [0.29, 0.717) is 30.0 Å². The Morgan fingerprint density at radius 2 is 2.02 bits per heavy atom. The maximum atomic E-state index is 12.9. The molecule has 1 saturated heterocycles. The van der Waals surface area contributed by atoms with Crippen LogP contribution in [0.15, 0.2) is 48.8 Å². The monoisotopic (exact) mass is 552 g/mol. The highest BCUT2D eigenvalue weighted by atomic mass is 16.5. The maximum Gasteiger partial charge on any atom is 0.255 e. The molecule has 210 valence electrons. The highest BCUT2D eigenvalue weighted by Gasteiger charge is 2.39. The summed E-state index contributed by atoms with van der Waals surface area (Å²) >= 11 is 0. The Kier molecular flexibility index (Phi) is 7.18. The smallest absolute Gasteiger partial charge is 0.255 e. The first-order chi connectivity index (χ1) is 19.9. The van der Waals surface area contributed by atoms with Crippen molar-refractivity contribution in [2.45, 2.75) is 63.6 Å². The molecule has 3 aromatic rings. The maximum absolute atomic E-state index is 12.9. The summed E-state index contributed by atoms with van der Waals surface area (Å²) in [6.45, 7) is 0.343.